The summed E-state index contributed by atoms with van der Waals surface area (Å²) < 4.78 is 21.6. The maximum absolute atomic E-state index is 13.0. The minimum atomic E-state index is -1.13. The number of methoxy groups -OCH3 is 3. The number of aryl methyl sites for hydroxylation is 1. The van der Waals surface area contributed by atoms with Gasteiger partial charge in [-0.3, -0.25) is 4.90 Å². The van der Waals surface area contributed by atoms with Crippen LogP contribution in [0.3, 0.4) is 0 Å². The van der Waals surface area contributed by atoms with Crippen LogP contribution in [-0.2, 0) is 27.3 Å². The summed E-state index contributed by atoms with van der Waals surface area (Å²) in [5.74, 6) is 0.770. The third-order valence-electron chi connectivity index (χ3n) is 5.70. The van der Waals surface area contributed by atoms with Crippen LogP contribution in [-0.4, -0.2) is 50.4 Å². The monoisotopic (exact) mass is 427 g/mol. The number of rotatable bonds is 7. The highest BCUT2D eigenvalue weighted by Crippen LogP contribution is 2.38. The molecule has 0 radical (unpaired) electrons. The van der Waals surface area contributed by atoms with Gasteiger partial charge in [0.15, 0.2) is 11.5 Å². The highest BCUT2D eigenvalue weighted by atomic mass is 16.6. The lowest BCUT2D eigenvalue weighted by atomic mass is 9.87. The Balaban J connectivity index is 1.88. The lowest BCUT2D eigenvalue weighted by molar-refractivity contribution is -0.152. The van der Waals surface area contributed by atoms with E-state index in [0.717, 1.165) is 16.7 Å². The van der Waals surface area contributed by atoms with Crippen molar-refractivity contribution in [2.75, 3.05) is 27.9 Å². The van der Waals surface area contributed by atoms with Gasteiger partial charge in [-0.25, -0.2) is 9.59 Å². The second-order valence-corrected chi connectivity index (χ2v) is 7.64. The molecule has 1 aliphatic heterocycles. The zero-order chi connectivity index (χ0) is 22.4. The zero-order valence-corrected chi connectivity index (χ0v) is 18.5. The van der Waals surface area contributed by atoms with E-state index in [4.69, 9.17) is 18.9 Å². The summed E-state index contributed by atoms with van der Waals surface area (Å²) in [6.45, 7) is 2.48. The van der Waals surface area contributed by atoms with E-state index in [9.17, 15) is 9.59 Å². The zero-order valence-electron chi connectivity index (χ0n) is 18.5. The first kappa shape index (κ1) is 22.5. The fourth-order valence-corrected chi connectivity index (χ4v) is 4.27. The molecule has 1 atom stereocenters. The van der Waals surface area contributed by atoms with Gasteiger partial charge in [0.05, 0.1) is 21.3 Å². The normalized spacial score (nSPS) is 17.9. The number of benzene rings is 2. The number of carbonyl (C=O) groups is 2. The van der Waals surface area contributed by atoms with Gasteiger partial charge in [-0.15, -0.1) is 0 Å². The first-order valence-electron chi connectivity index (χ1n) is 10.2. The molecule has 0 spiro atoms. The van der Waals surface area contributed by atoms with E-state index in [1.807, 2.05) is 49.4 Å². The lowest BCUT2D eigenvalue weighted by Crippen LogP contribution is -2.55. The van der Waals surface area contributed by atoms with Crippen molar-refractivity contribution in [1.29, 1.82) is 0 Å². The third kappa shape index (κ3) is 4.60. The van der Waals surface area contributed by atoms with Gasteiger partial charge >= 0.3 is 12.1 Å². The van der Waals surface area contributed by atoms with Crippen LogP contribution in [0.1, 0.15) is 29.5 Å². The number of carbonyl (C=O) groups excluding carboxylic acids is 2. The molecule has 2 aromatic rings. The predicted octanol–water partition coefficient (Wildman–Crippen LogP) is 3.90. The molecule has 0 saturated carbocycles. The number of esters is 1. The molecule has 0 N–H and O–H groups in total. The van der Waals surface area contributed by atoms with Crippen LogP contribution >= 0.6 is 0 Å². The molecular formula is C24H29NO6. The van der Waals surface area contributed by atoms with E-state index in [1.54, 1.807) is 14.2 Å². The molecule has 1 amide bonds. The molecule has 0 bridgehead atoms. The summed E-state index contributed by atoms with van der Waals surface area (Å²) >= 11 is 0. The molecule has 0 aliphatic carbocycles. The van der Waals surface area contributed by atoms with Crippen LogP contribution in [0.5, 0.6) is 11.5 Å². The minimum absolute atomic E-state index is 0.142. The van der Waals surface area contributed by atoms with Crippen LogP contribution in [0.4, 0.5) is 4.79 Å². The van der Waals surface area contributed by atoms with Crippen molar-refractivity contribution in [1.82, 2.24) is 4.90 Å². The first-order chi connectivity index (χ1) is 14.9. The predicted molar refractivity (Wildman–Crippen MR) is 115 cm³/mol. The molecule has 0 aromatic heterocycles. The summed E-state index contributed by atoms with van der Waals surface area (Å²) in [5.41, 5.74) is 1.49. The highest BCUT2D eigenvalue weighted by molar-refractivity contribution is 5.87. The average Bonchev–Trinajstić information content (AvgIpc) is 3.21. The van der Waals surface area contributed by atoms with E-state index in [2.05, 4.69) is 0 Å². The van der Waals surface area contributed by atoms with E-state index in [1.165, 1.54) is 12.0 Å². The van der Waals surface area contributed by atoms with E-state index < -0.39 is 17.6 Å². The maximum Gasteiger partial charge on any atom is 0.411 e. The van der Waals surface area contributed by atoms with E-state index >= 15 is 0 Å². The number of hydrogen-bond acceptors (Lipinski definition) is 6. The molecule has 7 nitrogen and oxygen atoms in total. The largest absolute Gasteiger partial charge is 0.493 e. The summed E-state index contributed by atoms with van der Waals surface area (Å²) in [4.78, 5) is 27.5. The molecule has 31 heavy (non-hydrogen) atoms. The SMILES string of the molecule is COC(=O)C1(Cc2cc(C)c(OC)c(OC)c2)CCCN1C(=O)OCc1ccccc1. The van der Waals surface area contributed by atoms with E-state index in [0.29, 0.717) is 37.3 Å². The Morgan fingerprint density at radius 1 is 1.03 bits per heavy atom. The highest BCUT2D eigenvalue weighted by Gasteiger charge is 2.51. The fourth-order valence-electron chi connectivity index (χ4n) is 4.27. The van der Waals surface area contributed by atoms with Crippen molar-refractivity contribution in [2.45, 2.75) is 38.3 Å². The Morgan fingerprint density at radius 2 is 1.77 bits per heavy atom. The van der Waals surface area contributed by atoms with Gasteiger partial charge < -0.3 is 18.9 Å². The molecule has 1 heterocycles. The van der Waals surface area contributed by atoms with Crippen molar-refractivity contribution in [2.24, 2.45) is 0 Å². The number of nitrogens with zero attached hydrogens (tertiary/aromatic N) is 1. The second kappa shape index (κ2) is 9.73. The summed E-state index contributed by atoms with van der Waals surface area (Å²) in [5, 5.41) is 0. The maximum atomic E-state index is 13.0. The number of likely N-dealkylation sites (tertiary alicyclic amines) is 1. The van der Waals surface area contributed by atoms with Gasteiger partial charge in [0.1, 0.15) is 12.1 Å². The van der Waals surface area contributed by atoms with Gasteiger partial charge in [0, 0.05) is 13.0 Å². The van der Waals surface area contributed by atoms with Crippen molar-refractivity contribution >= 4 is 12.1 Å². The molecule has 1 aliphatic rings. The molecule has 1 saturated heterocycles. The summed E-state index contributed by atoms with van der Waals surface area (Å²) in [6.07, 6.45) is 0.945. The van der Waals surface area contributed by atoms with Gasteiger partial charge in [-0.1, -0.05) is 36.4 Å². The van der Waals surface area contributed by atoms with Crippen LogP contribution < -0.4 is 9.47 Å². The Bertz CT molecular complexity index is 929. The Labute approximate surface area is 182 Å². The first-order valence-corrected chi connectivity index (χ1v) is 10.2. The molecule has 1 unspecified atom stereocenters. The van der Waals surface area contributed by atoms with Crippen LogP contribution in [0.25, 0.3) is 0 Å². The van der Waals surface area contributed by atoms with Gasteiger partial charge in [-0.2, -0.15) is 0 Å². The molecule has 3 rings (SSSR count). The number of hydrogen-bond donors (Lipinski definition) is 0. The average molecular weight is 427 g/mol. The summed E-state index contributed by atoms with van der Waals surface area (Å²) in [6, 6.07) is 13.2. The Hall–Kier alpha value is -3.22. The summed E-state index contributed by atoms with van der Waals surface area (Å²) in [7, 11) is 4.50. The minimum Gasteiger partial charge on any atom is -0.493 e. The van der Waals surface area contributed by atoms with Crippen molar-refractivity contribution in [3.63, 3.8) is 0 Å². The van der Waals surface area contributed by atoms with Crippen molar-refractivity contribution < 1.29 is 28.5 Å². The quantitative estimate of drug-likeness (QED) is 0.624. The molecule has 1 fully saturated rings. The van der Waals surface area contributed by atoms with Crippen LogP contribution in [0.15, 0.2) is 42.5 Å². The number of ether oxygens (including phenoxy) is 4. The fraction of sp³-hybridized carbons (Fsp3) is 0.417. The molecule has 7 heteroatoms. The van der Waals surface area contributed by atoms with Gasteiger partial charge in [0.2, 0.25) is 0 Å². The number of amides is 1. The van der Waals surface area contributed by atoms with Crippen LogP contribution in [0, 0.1) is 6.92 Å². The van der Waals surface area contributed by atoms with Crippen molar-refractivity contribution in [3.05, 3.63) is 59.2 Å². The van der Waals surface area contributed by atoms with Gasteiger partial charge in [0.25, 0.3) is 0 Å². The topological polar surface area (TPSA) is 74.3 Å². The van der Waals surface area contributed by atoms with E-state index in [-0.39, 0.29) is 6.61 Å². The Kier molecular flexibility index (Phi) is 7.05. The smallest absolute Gasteiger partial charge is 0.411 e. The molecule has 166 valence electrons. The standard InChI is InChI=1S/C24H29NO6/c1-17-13-19(14-20(28-2)21(17)29-3)15-24(22(26)30-4)11-8-12-25(24)23(27)31-16-18-9-6-5-7-10-18/h5-7,9-10,13-14H,8,11-12,15-16H2,1-4H3. The molecular weight excluding hydrogens is 398 g/mol. The lowest BCUT2D eigenvalue weighted by Gasteiger charge is -2.35. The van der Waals surface area contributed by atoms with Crippen molar-refractivity contribution in [3.8, 4) is 11.5 Å². The third-order valence-corrected chi connectivity index (χ3v) is 5.70. The molecule has 2 aromatic carbocycles. The second-order valence-electron chi connectivity index (χ2n) is 7.64. The van der Waals surface area contributed by atoms with Crippen LogP contribution in [0.2, 0.25) is 0 Å². The van der Waals surface area contributed by atoms with Gasteiger partial charge in [-0.05, 0) is 42.5 Å². The Morgan fingerprint density at radius 3 is 2.42 bits per heavy atom.